The van der Waals surface area contributed by atoms with E-state index >= 15 is 0 Å². The second-order valence-electron chi connectivity index (χ2n) is 9.71. The highest BCUT2D eigenvalue weighted by molar-refractivity contribution is 7.92. The first kappa shape index (κ1) is 33.1. The van der Waals surface area contributed by atoms with E-state index in [0.717, 1.165) is 9.87 Å². The number of methoxy groups -OCH3 is 1. The first-order chi connectivity index (χ1) is 21.0. The van der Waals surface area contributed by atoms with Crippen molar-refractivity contribution in [2.24, 2.45) is 0 Å². The molecule has 12 heteroatoms. The number of hydrogen-bond donors (Lipinski definition) is 1. The quantitative estimate of drug-likeness (QED) is 0.192. The average molecular weight is 675 g/mol. The Morgan fingerprint density at radius 1 is 0.841 bits per heavy atom. The SMILES string of the molecule is CNC(=O)[C@@H](Cc1ccccc1)N(Cc1c(Cl)cccc1Cl)C(=O)CN(c1ccc(Cl)cc1)S(=O)(=O)c1ccc(OC)cc1. The molecule has 0 radical (unpaired) electrons. The van der Waals surface area contributed by atoms with E-state index < -0.39 is 34.4 Å². The zero-order chi connectivity index (χ0) is 31.9. The molecule has 230 valence electrons. The highest BCUT2D eigenvalue weighted by Gasteiger charge is 2.35. The van der Waals surface area contributed by atoms with Crippen LogP contribution in [0.3, 0.4) is 0 Å². The number of ether oxygens (including phenoxy) is 1. The van der Waals surface area contributed by atoms with Gasteiger partial charge in [-0.05, 0) is 66.2 Å². The van der Waals surface area contributed by atoms with Gasteiger partial charge in [-0.15, -0.1) is 0 Å². The molecule has 0 aliphatic carbocycles. The van der Waals surface area contributed by atoms with Gasteiger partial charge >= 0.3 is 0 Å². The summed E-state index contributed by atoms with van der Waals surface area (Å²) < 4.78 is 34.3. The van der Waals surface area contributed by atoms with Crippen LogP contribution < -0.4 is 14.4 Å². The van der Waals surface area contributed by atoms with Gasteiger partial charge in [-0.25, -0.2) is 8.42 Å². The van der Waals surface area contributed by atoms with Crippen LogP contribution in [0.2, 0.25) is 15.1 Å². The Labute approximate surface area is 272 Å². The van der Waals surface area contributed by atoms with Gasteiger partial charge < -0.3 is 15.0 Å². The maximum absolute atomic E-state index is 14.4. The Bertz CT molecular complexity index is 1680. The Kier molecular flexibility index (Phi) is 11.2. The molecule has 0 aliphatic heterocycles. The topological polar surface area (TPSA) is 96.0 Å². The van der Waals surface area contributed by atoms with Gasteiger partial charge in [-0.2, -0.15) is 0 Å². The van der Waals surface area contributed by atoms with Crippen LogP contribution in [0.25, 0.3) is 0 Å². The minimum Gasteiger partial charge on any atom is -0.497 e. The molecule has 0 aliphatic rings. The van der Waals surface area contributed by atoms with E-state index in [9.17, 15) is 18.0 Å². The van der Waals surface area contributed by atoms with Gasteiger partial charge in [-0.3, -0.25) is 13.9 Å². The van der Waals surface area contributed by atoms with Crippen molar-refractivity contribution in [3.8, 4) is 5.75 Å². The van der Waals surface area contributed by atoms with Gasteiger partial charge in [0.05, 0.1) is 17.7 Å². The van der Waals surface area contributed by atoms with Crippen LogP contribution in [0.15, 0.2) is 102 Å². The molecular formula is C32H30Cl3N3O5S. The lowest BCUT2D eigenvalue weighted by Crippen LogP contribution is -2.53. The standard InChI is InChI=1S/C32H30Cl3N3O5S/c1-36-32(40)30(19-22-7-4-3-5-8-22)37(20-27-28(34)9-6-10-29(27)35)31(39)21-38(24-13-11-23(33)12-14-24)44(41,42)26-17-15-25(43-2)16-18-26/h3-18,30H,19-21H2,1-2H3,(H,36,40)/t30-/m1/s1. The summed E-state index contributed by atoms with van der Waals surface area (Å²) in [6.07, 6.45) is 0.153. The van der Waals surface area contributed by atoms with Crippen LogP contribution in [0.1, 0.15) is 11.1 Å². The van der Waals surface area contributed by atoms with E-state index in [4.69, 9.17) is 39.5 Å². The lowest BCUT2D eigenvalue weighted by molar-refractivity contribution is -0.139. The van der Waals surface area contributed by atoms with Crippen LogP contribution >= 0.6 is 34.8 Å². The third-order valence-electron chi connectivity index (χ3n) is 6.95. The summed E-state index contributed by atoms with van der Waals surface area (Å²) in [5.74, 6) is -0.630. The highest BCUT2D eigenvalue weighted by Crippen LogP contribution is 2.30. The average Bonchev–Trinajstić information content (AvgIpc) is 3.03. The Morgan fingerprint density at radius 2 is 1.45 bits per heavy atom. The number of nitrogens with one attached hydrogen (secondary N) is 1. The van der Waals surface area contributed by atoms with Crippen molar-refractivity contribution in [2.45, 2.75) is 23.9 Å². The molecule has 0 spiro atoms. The smallest absolute Gasteiger partial charge is 0.264 e. The number of likely N-dealkylation sites (N-methyl/N-ethyl adjacent to an activating group) is 1. The van der Waals surface area contributed by atoms with E-state index in [1.165, 1.54) is 67.6 Å². The zero-order valence-electron chi connectivity index (χ0n) is 23.9. The summed E-state index contributed by atoms with van der Waals surface area (Å²) >= 11 is 19.1. The maximum Gasteiger partial charge on any atom is 0.264 e. The number of amides is 2. The van der Waals surface area contributed by atoms with E-state index in [2.05, 4.69) is 5.32 Å². The van der Waals surface area contributed by atoms with Gasteiger partial charge in [0.15, 0.2) is 0 Å². The van der Waals surface area contributed by atoms with Crippen molar-refractivity contribution >= 4 is 62.3 Å². The molecule has 1 atom stereocenters. The summed E-state index contributed by atoms with van der Waals surface area (Å²) in [5.41, 5.74) is 1.42. The molecular weight excluding hydrogens is 645 g/mol. The maximum atomic E-state index is 14.4. The van der Waals surface area contributed by atoms with E-state index in [0.29, 0.717) is 26.4 Å². The fourth-order valence-corrected chi connectivity index (χ4v) is 6.64. The van der Waals surface area contributed by atoms with Gasteiger partial charge in [0, 0.05) is 40.6 Å². The number of halogens is 3. The molecule has 0 saturated carbocycles. The number of carbonyl (C=O) groups is 2. The predicted octanol–water partition coefficient (Wildman–Crippen LogP) is 6.24. The monoisotopic (exact) mass is 673 g/mol. The Balaban J connectivity index is 1.81. The third-order valence-corrected chi connectivity index (χ3v) is 9.70. The van der Waals surface area contributed by atoms with E-state index in [1.807, 2.05) is 30.3 Å². The number of anilines is 1. The van der Waals surface area contributed by atoms with Crippen molar-refractivity contribution in [3.63, 3.8) is 0 Å². The lowest BCUT2D eigenvalue weighted by Gasteiger charge is -2.34. The van der Waals surface area contributed by atoms with Gasteiger partial charge in [0.2, 0.25) is 11.8 Å². The van der Waals surface area contributed by atoms with Crippen LogP contribution in [0, 0.1) is 0 Å². The van der Waals surface area contributed by atoms with Crippen molar-refractivity contribution in [1.29, 1.82) is 0 Å². The second kappa shape index (κ2) is 14.8. The number of hydrogen-bond acceptors (Lipinski definition) is 5. The number of rotatable bonds is 12. The molecule has 0 aromatic heterocycles. The number of carbonyl (C=O) groups excluding carboxylic acids is 2. The number of nitrogens with zero attached hydrogens (tertiary/aromatic N) is 2. The highest BCUT2D eigenvalue weighted by atomic mass is 35.5. The molecule has 0 heterocycles. The second-order valence-corrected chi connectivity index (χ2v) is 12.8. The first-order valence-electron chi connectivity index (χ1n) is 13.5. The summed E-state index contributed by atoms with van der Waals surface area (Å²) in [7, 11) is -1.34. The van der Waals surface area contributed by atoms with Gasteiger partial charge in [0.25, 0.3) is 10.0 Å². The molecule has 4 rings (SSSR count). The molecule has 8 nitrogen and oxygen atoms in total. The summed E-state index contributed by atoms with van der Waals surface area (Å²) in [6.45, 7) is -0.792. The predicted molar refractivity (Wildman–Crippen MR) is 174 cm³/mol. The first-order valence-corrected chi connectivity index (χ1v) is 16.0. The number of benzene rings is 4. The minimum absolute atomic E-state index is 0.0612. The van der Waals surface area contributed by atoms with Crippen molar-refractivity contribution in [2.75, 3.05) is 25.0 Å². The molecule has 4 aromatic carbocycles. The molecule has 4 aromatic rings. The van der Waals surface area contributed by atoms with Crippen LogP contribution in [-0.2, 0) is 32.6 Å². The molecule has 0 bridgehead atoms. The van der Waals surface area contributed by atoms with Crippen LogP contribution in [0.4, 0.5) is 5.69 Å². The molecule has 0 fully saturated rings. The largest absolute Gasteiger partial charge is 0.497 e. The summed E-state index contributed by atoms with van der Waals surface area (Å²) in [5, 5.41) is 3.62. The Hall–Kier alpha value is -3.76. The minimum atomic E-state index is -4.29. The molecule has 0 unspecified atom stereocenters. The molecule has 0 saturated heterocycles. The van der Waals surface area contributed by atoms with E-state index in [-0.39, 0.29) is 23.5 Å². The van der Waals surface area contributed by atoms with Crippen molar-refractivity contribution in [1.82, 2.24) is 10.2 Å². The third kappa shape index (κ3) is 7.84. The zero-order valence-corrected chi connectivity index (χ0v) is 27.0. The normalized spacial score (nSPS) is 11.8. The summed E-state index contributed by atoms with van der Waals surface area (Å²) in [6, 6.07) is 25.0. The van der Waals surface area contributed by atoms with Crippen LogP contribution in [0.5, 0.6) is 5.75 Å². The van der Waals surface area contributed by atoms with Gasteiger partial charge in [-0.1, -0.05) is 71.2 Å². The Morgan fingerprint density at radius 3 is 2.02 bits per heavy atom. The molecule has 44 heavy (non-hydrogen) atoms. The van der Waals surface area contributed by atoms with Crippen molar-refractivity contribution in [3.05, 3.63) is 123 Å². The fraction of sp³-hybridized carbons (Fsp3) is 0.188. The summed E-state index contributed by atoms with van der Waals surface area (Å²) in [4.78, 5) is 29.0. The van der Waals surface area contributed by atoms with Crippen LogP contribution in [-0.4, -0.2) is 51.9 Å². The number of sulfonamides is 1. The van der Waals surface area contributed by atoms with Crippen molar-refractivity contribution < 1.29 is 22.7 Å². The molecule has 1 N–H and O–H groups in total. The lowest BCUT2D eigenvalue weighted by atomic mass is 10.0. The fourth-order valence-electron chi connectivity index (χ4n) is 4.59. The van der Waals surface area contributed by atoms with Gasteiger partial charge in [0.1, 0.15) is 18.3 Å². The van der Waals surface area contributed by atoms with E-state index in [1.54, 1.807) is 18.2 Å². The molecule has 2 amide bonds.